The van der Waals surface area contributed by atoms with Crippen molar-refractivity contribution in [1.29, 1.82) is 0 Å². The second kappa shape index (κ2) is 4.73. The Balaban J connectivity index is 3.95. The van der Waals surface area contributed by atoms with Gasteiger partial charge in [-0.25, -0.2) is 4.79 Å². The maximum absolute atomic E-state index is 11.1. The molecular weight excluding hydrogens is 200 g/mol. The Bertz CT molecular complexity index is 208. The van der Waals surface area contributed by atoms with Gasteiger partial charge in [-0.05, 0) is 33.1 Å². The molecule has 0 radical (unpaired) electrons. The van der Waals surface area contributed by atoms with Crippen LogP contribution in [-0.2, 0) is 13.3 Å². The van der Waals surface area contributed by atoms with Gasteiger partial charge in [-0.1, -0.05) is 6.58 Å². The van der Waals surface area contributed by atoms with E-state index >= 15 is 0 Å². The van der Waals surface area contributed by atoms with Gasteiger partial charge in [-0.3, -0.25) is 0 Å². The van der Waals surface area contributed by atoms with Crippen LogP contribution in [0.3, 0.4) is 0 Å². The predicted molar refractivity (Wildman–Crippen MR) is 58.4 cm³/mol. The lowest BCUT2D eigenvalue weighted by Crippen LogP contribution is -2.36. The maximum atomic E-state index is 11.1. The van der Waals surface area contributed by atoms with Crippen LogP contribution in [0.15, 0.2) is 12.2 Å². The van der Waals surface area contributed by atoms with Crippen molar-refractivity contribution in [2.75, 3.05) is 0 Å². The number of hydrogen-bond donors (Lipinski definition) is 0. The molecule has 13 heavy (non-hydrogen) atoms. The van der Waals surface area contributed by atoms with Gasteiger partial charge in [0.05, 0.1) is 0 Å². The van der Waals surface area contributed by atoms with E-state index in [0.29, 0.717) is 5.57 Å². The van der Waals surface area contributed by atoms with Crippen LogP contribution < -0.4 is 0 Å². The Morgan fingerprint density at radius 2 is 1.85 bits per heavy atom. The molecule has 0 N–H and O–H groups in total. The summed E-state index contributed by atoms with van der Waals surface area (Å²) in [5, 5.41) is 0. The van der Waals surface area contributed by atoms with Crippen LogP contribution in [0, 0.1) is 0 Å². The first-order valence-corrected chi connectivity index (χ1v) is 9.77. The second-order valence-electron chi connectivity index (χ2n) is 3.98. The van der Waals surface area contributed by atoms with Crippen molar-refractivity contribution in [3.8, 4) is 0 Å². The Kier molecular flexibility index (Phi) is 4.59. The Labute approximate surface area is 82.7 Å². The zero-order chi connectivity index (χ0) is 10.6. The van der Waals surface area contributed by atoms with E-state index in [2.05, 4.69) is 26.2 Å². The normalized spacial score (nSPS) is 13.6. The number of rotatable bonds is 4. The van der Waals surface area contributed by atoms with Gasteiger partial charge in [0, 0.05) is 5.57 Å². The molecule has 1 unspecified atom stereocenters. The largest absolute Gasteiger partial charge is 0.494 e. The van der Waals surface area contributed by atoms with Crippen molar-refractivity contribution in [1.82, 2.24) is 0 Å². The van der Waals surface area contributed by atoms with E-state index in [9.17, 15) is 4.79 Å². The molecule has 0 aromatic carbocycles. The fourth-order valence-electron chi connectivity index (χ4n) is 0.773. The third-order valence-corrected chi connectivity index (χ3v) is 5.84. The average molecular weight is 218 g/mol. The number of carbonyl (C=O) groups excluding carboxylic acids is 1. The minimum atomic E-state index is -1.79. The first-order valence-electron chi connectivity index (χ1n) is 4.26. The SMILES string of the molecule is C=C(C)C(=O)O[SiH](C)O[Si](C)(C)C. The summed E-state index contributed by atoms with van der Waals surface area (Å²) < 4.78 is 10.8. The highest BCUT2D eigenvalue weighted by Gasteiger charge is 2.22. The second-order valence-corrected chi connectivity index (χ2v) is 10.5. The molecule has 0 amide bonds. The summed E-state index contributed by atoms with van der Waals surface area (Å²) in [5.74, 6) is -0.336. The van der Waals surface area contributed by atoms with E-state index in [0.717, 1.165) is 0 Å². The van der Waals surface area contributed by atoms with Crippen LogP contribution in [0.5, 0.6) is 0 Å². The van der Waals surface area contributed by atoms with Gasteiger partial charge in [-0.2, -0.15) is 0 Å². The van der Waals surface area contributed by atoms with Crippen molar-refractivity contribution in [2.24, 2.45) is 0 Å². The van der Waals surface area contributed by atoms with E-state index in [1.54, 1.807) is 6.92 Å². The van der Waals surface area contributed by atoms with Crippen molar-refractivity contribution in [3.05, 3.63) is 12.2 Å². The van der Waals surface area contributed by atoms with Gasteiger partial charge in [0.15, 0.2) is 8.32 Å². The average Bonchev–Trinajstić information content (AvgIpc) is 1.81. The van der Waals surface area contributed by atoms with Gasteiger partial charge in [0.2, 0.25) is 0 Å². The molecule has 5 heteroatoms. The molecule has 0 aromatic rings. The summed E-state index contributed by atoms with van der Waals surface area (Å²) in [4.78, 5) is 11.1. The highest BCUT2D eigenvalue weighted by atomic mass is 28.4. The summed E-state index contributed by atoms with van der Waals surface area (Å²) in [6.45, 7) is 13.2. The molecule has 0 spiro atoms. The van der Waals surface area contributed by atoms with Gasteiger partial charge in [0.1, 0.15) is 0 Å². The molecule has 0 aliphatic heterocycles. The van der Waals surface area contributed by atoms with Crippen molar-refractivity contribution < 1.29 is 13.3 Å². The van der Waals surface area contributed by atoms with Gasteiger partial charge in [-0.15, -0.1) is 0 Å². The van der Waals surface area contributed by atoms with Gasteiger partial charge in [0.25, 0.3) is 0 Å². The van der Waals surface area contributed by atoms with Gasteiger partial charge < -0.3 is 8.54 Å². The zero-order valence-corrected chi connectivity index (χ0v) is 11.2. The van der Waals surface area contributed by atoms with E-state index in [1.807, 2.05) is 6.55 Å². The quantitative estimate of drug-likeness (QED) is 0.533. The molecule has 1 atom stereocenters. The lowest BCUT2D eigenvalue weighted by Gasteiger charge is -2.22. The van der Waals surface area contributed by atoms with E-state index in [1.165, 1.54) is 0 Å². The molecule has 3 nitrogen and oxygen atoms in total. The summed E-state index contributed by atoms with van der Waals surface area (Å²) in [6, 6.07) is 0. The maximum Gasteiger partial charge on any atom is 0.372 e. The molecule has 76 valence electrons. The first kappa shape index (κ1) is 12.6. The molecule has 0 saturated heterocycles. The predicted octanol–water partition coefficient (Wildman–Crippen LogP) is 1.81. The van der Waals surface area contributed by atoms with E-state index in [-0.39, 0.29) is 5.97 Å². The summed E-state index contributed by atoms with van der Waals surface area (Å²) in [6.07, 6.45) is 0. The van der Waals surface area contributed by atoms with Crippen LogP contribution in [0.25, 0.3) is 0 Å². The van der Waals surface area contributed by atoms with Crippen molar-refractivity contribution >= 4 is 23.6 Å². The highest BCUT2D eigenvalue weighted by Crippen LogP contribution is 2.06. The third kappa shape index (κ3) is 6.74. The Morgan fingerprint density at radius 3 is 2.15 bits per heavy atom. The molecule has 0 fully saturated rings. The third-order valence-electron chi connectivity index (χ3n) is 1.14. The molecule has 0 aromatic heterocycles. The summed E-state index contributed by atoms with van der Waals surface area (Å²) >= 11 is 0. The van der Waals surface area contributed by atoms with E-state index in [4.69, 9.17) is 8.54 Å². The topological polar surface area (TPSA) is 35.5 Å². The van der Waals surface area contributed by atoms with Crippen LogP contribution in [0.2, 0.25) is 26.2 Å². The summed E-state index contributed by atoms with van der Waals surface area (Å²) in [5.41, 5.74) is 0.429. The van der Waals surface area contributed by atoms with Gasteiger partial charge >= 0.3 is 15.3 Å². The molecule has 0 rings (SSSR count). The molecule has 0 saturated carbocycles. The lowest BCUT2D eigenvalue weighted by molar-refractivity contribution is -0.131. The number of carbonyl (C=O) groups is 1. The molecule has 0 aliphatic carbocycles. The lowest BCUT2D eigenvalue weighted by atomic mass is 10.4. The molecule has 0 bridgehead atoms. The van der Waals surface area contributed by atoms with Crippen LogP contribution in [0.1, 0.15) is 6.92 Å². The standard InChI is InChI=1S/C8H18O3Si2/c1-7(2)8(9)10-12(3)11-13(4,5)6/h12H,1H2,2-6H3. The van der Waals surface area contributed by atoms with Crippen LogP contribution >= 0.6 is 0 Å². The van der Waals surface area contributed by atoms with E-state index < -0.39 is 17.6 Å². The first-order chi connectivity index (χ1) is 5.72. The van der Waals surface area contributed by atoms with Crippen molar-refractivity contribution in [2.45, 2.75) is 33.1 Å². The van der Waals surface area contributed by atoms with Crippen LogP contribution in [0.4, 0.5) is 0 Å². The molecule has 0 heterocycles. The smallest absolute Gasteiger partial charge is 0.372 e. The fourth-order valence-corrected chi connectivity index (χ4v) is 5.45. The monoisotopic (exact) mass is 218 g/mol. The highest BCUT2D eigenvalue weighted by molar-refractivity contribution is 6.76. The Hall–Kier alpha value is -0.396. The van der Waals surface area contributed by atoms with Crippen molar-refractivity contribution in [3.63, 3.8) is 0 Å². The summed E-state index contributed by atoms with van der Waals surface area (Å²) in [7, 11) is -3.36. The Morgan fingerprint density at radius 1 is 1.38 bits per heavy atom. The number of hydrogen-bond acceptors (Lipinski definition) is 3. The zero-order valence-electron chi connectivity index (χ0n) is 9.01. The van der Waals surface area contributed by atoms with Crippen LogP contribution in [-0.4, -0.2) is 23.6 Å². The minimum absolute atomic E-state index is 0.336. The molecule has 0 aliphatic rings. The molecular formula is C8H18O3Si2. The fraction of sp³-hybridized carbons (Fsp3) is 0.625. The minimum Gasteiger partial charge on any atom is -0.494 e.